The van der Waals surface area contributed by atoms with Gasteiger partial charge in [-0.05, 0) is 98.0 Å². The summed E-state index contributed by atoms with van der Waals surface area (Å²) in [6.45, 7) is 0. The van der Waals surface area contributed by atoms with Gasteiger partial charge in [0.25, 0.3) is 0 Å². The quantitative estimate of drug-likeness (QED) is 0.160. The van der Waals surface area contributed by atoms with Gasteiger partial charge in [-0.25, -0.2) is 4.98 Å². The zero-order valence-electron chi connectivity index (χ0n) is 30.5. The summed E-state index contributed by atoms with van der Waals surface area (Å²) in [5, 5.41) is 9.63. The van der Waals surface area contributed by atoms with Crippen molar-refractivity contribution in [2.24, 2.45) is 0 Å². The zero-order chi connectivity index (χ0) is 37.0. The predicted molar refractivity (Wildman–Crippen MR) is 237 cm³/mol. The van der Waals surface area contributed by atoms with Crippen molar-refractivity contribution in [3.8, 4) is 28.2 Å². The van der Waals surface area contributed by atoms with Gasteiger partial charge < -0.3 is 4.90 Å². The van der Waals surface area contributed by atoms with E-state index in [2.05, 4.69) is 222 Å². The second kappa shape index (κ2) is 13.1. The molecule has 3 nitrogen and oxygen atoms in total. The van der Waals surface area contributed by atoms with E-state index in [1.807, 2.05) is 0 Å². The van der Waals surface area contributed by atoms with Crippen molar-refractivity contribution in [2.75, 3.05) is 4.90 Å². The molecule has 1 heterocycles. The van der Waals surface area contributed by atoms with Gasteiger partial charge in [-0.3, -0.25) is 4.57 Å². The summed E-state index contributed by atoms with van der Waals surface area (Å²) in [6.07, 6.45) is 0. The molecule has 0 unspecified atom stereocenters. The first kappa shape index (κ1) is 32.0. The minimum Gasteiger partial charge on any atom is -0.310 e. The van der Waals surface area contributed by atoms with Crippen LogP contribution in [0.3, 0.4) is 0 Å². The minimum absolute atomic E-state index is 0.937. The highest BCUT2D eigenvalue weighted by Gasteiger charge is 2.21. The van der Waals surface area contributed by atoms with E-state index in [4.69, 9.17) is 4.98 Å². The molecule has 0 saturated heterocycles. The lowest BCUT2D eigenvalue weighted by atomic mass is 9.95. The summed E-state index contributed by atoms with van der Waals surface area (Å²) >= 11 is 0. The van der Waals surface area contributed by atoms with Crippen LogP contribution in [0.15, 0.2) is 212 Å². The van der Waals surface area contributed by atoms with Crippen molar-refractivity contribution in [3.05, 3.63) is 212 Å². The van der Waals surface area contributed by atoms with E-state index in [0.717, 1.165) is 56.1 Å². The Bertz CT molecular complexity index is 3160. The fraction of sp³-hybridized carbons (Fsp3) is 0. The van der Waals surface area contributed by atoms with Crippen molar-refractivity contribution < 1.29 is 0 Å². The third-order valence-electron chi connectivity index (χ3n) is 11.1. The Morgan fingerprint density at radius 2 is 0.875 bits per heavy atom. The third-order valence-corrected chi connectivity index (χ3v) is 11.1. The lowest BCUT2D eigenvalue weighted by Gasteiger charge is -2.26. The molecule has 0 aliphatic heterocycles. The van der Waals surface area contributed by atoms with Gasteiger partial charge in [-0.15, -0.1) is 0 Å². The second-order valence-electron chi connectivity index (χ2n) is 14.4. The molecule has 3 heteroatoms. The monoisotopic (exact) mass is 713 g/mol. The van der Waals surface area contributed by atoms with E-state index in [0.29, 0.717) is 0 Å². The SMILES string of the molecule is c1ccc(-c2nc3c4ccc(-c5ccc(N(c6ccc7ccccc7c6)c6ccc7ccccc7c6)cc5)cc4c4ccccc4c3n2-c2ccccc2)cc1. The average molecular weight is 714 g/mol. The van der Waals surface area contributed by atoms with Gasteiger partial charge in [-0.2, -0.15) is 0 Å². The van der Waals surface area contributed by atoms with Gasteiger partial charge in [0.1, 0.15) is 5.82 Å². The summed E-state index contributed by atoms with van der Waals surface area (Å²) in [7, 11) is 0. The number of hydrogen-bond donors (Lipinski definition) is 0. The second-order valence-corrected chi connectivity index (χ2v) is 14.4. The molecule has 0 fully saturated rings. The standard InChI is InChI=1S/C53H35N3/c1-3-15-39(16-4-1)53-54-51-48-32-27-42(35-50(48)47-21-11-12-22-49(47)52(51)56(53)43-19-5-2-6-20-43)38-23-28-44(29-24-38)55(45-30-25-36-13-7-9-17-40(36)33-45)46-31-26-37-14-8-10-18-41(37)34-46/h1-35H. The highest BCUT2D eigenvalue weighted by molar-refractivity contribution is 6.24. The topological polar surface area (TPSA) is 21.1 Å². The van der Waals surface area contributed by atoms with Crippen LogP contribution in [0.4, 0.5) is 17.1 Å². The van der Waals surface area contributed by atoms with Crippen LogP contribution in [0.5, 0.6) is 0 Å². The highest BCUT2D eigenvalue weighted by atomic mass is 15.1. The molecule has 1 aromatic heterocycles. The molecule has 0 bridgehead atoms. The van der Waals surface area contributed by atoms with Crippen molar-refractivity contribution >= 4 is 71.2 Å². The molecule has 0 spiro atoms. The van der Waals surface area contributed by atoms with Crippen molar-refractivity contribution in [2.45, 2.75) is 0 Å². The van der Waals surface area contributed by atoms with Crippen molar-refractivity contribution in [1.82, 2.24) is 9.55 Å². The molecule has 262 valence electrons. The normalized spacial score (nSPS) is 11.6. The molecule has 11 aromatic rings. The molecular weight excluding hydrogens is 679 g/mol. The molecule has 56 heavy (non-hydrogen) atoms. The Kier molecular flexibility index (Phi) is 7.49. The molecule has 0 atom stereocenters. The molecule has 11 rings (SSSR count). The van der Waals surface area contributed by atoms with Crippen LogP contribution in [0.25, 0.3) is 82.3 Å². The van der Waals surface area contributed by atoms with Crippen LogP contribution < -0.4 is 4.90 Å². The zero-order valence-corrected chi connectivity index (χ0v) is 30.5. The van der Waals surface area contributed by atoms with E-state index < -0.39 is 0 Å². The van der Waals surface area contributed by atoms with Gasteiger partial charge in [0.2, 0.25) is 0 Å². The number of imidazole rings is 1. The number of anilines is 3. The van der Waals surface area contributed by atoms with Crippen LogP contribution in [-0.4, -0.2) is 9.55 Å². The van der Waals surface area contributed by atoms with Crippen LogP contribution in [-0.2, 0) is 0 Å². The number of para-hydroxylation sites is 1. The number of fused-ring (bicyclic) bond motifs is 8. The number of aromatic nitrogens is 2. The lowest BCUT2D eigenvalue weighted by Crippen LogP contribution is -2.09. The predicted octanol–water partition coefficient (Wildman–Crippen LogP) is 14.4. The summed E-state index contributed by atoms with van der Waals surface area (Å²) in [5.41, 5.74) is 9.99. The summed E-state index contributed by atoms with van der Waals surface area (Å²) in [6, 6.07) is 76.3. The maximum Gasteiger partial charge on any atom is 0.145 e. The van der Waals surface area contributed by atoms with E-state index in [-0.39, 0.29) is 0 Å². The lowest BCUT2D eigenvalue weighted by molar-refractivity contribution is 1.11. The number of hydrogen-bond acceptors (Lipinski definition) is 2. The van der Waals surface area contributed by atoms with Crippen molar-refractivity contribution in [1.29, 1.82) is 0 Å². The fourth-order valence-corrected chi connectivity index (χ4v) is 8.43. The van der Waals surface area contributed by atoms with E-state index in [1.165, 1.54) is 43.3 Å². The summed E-state index contributed by atoms with van der Waals surface area (Å²) in [5.74, 6) is 0.937. The van der Waals surface area contributed by atoms with Crippen LogP contribution in [0.1, 0.15) is 0 Å². The Balaban J connectivity index is 1.06. The average Bonchev–Trinajstić information content (AvgIpc) is 3.69. The van der Waals surface area contributed by atoms with Gasteiger partial charge in [0.15, 0.2) is 0 Å². The van der Waals surface area contributed by atoms with Gasteiger partial charge >= 0.3 is 0 Å². The molecule has 0 saturated carbocycles. The molecule has 0 amide bonds. The van der Waals surface area contributed by atoms with E-state index in [9.17, 15) is 0 Å². The van der Waals surface area contributed by atoms with Crippen molar-refractivity contribution in [3.63, 3.8) is 0 Å². The van der Waals surface area contributed by atoms with E-state index >= 15 is 0 Å². The minimum atomic E-state index is 0.937. The Morgan fingerprint density at radius 3 is 1.54 bits per heavy atom. The van der Waals surface area contributed by atoms with Crippen LogP contribution in [0, 0.1) is 0 Å². The first-order valence-corrected chi connectivity index (χ1v) is 19.1. The Hall–Kier alpha value is -7.49. The van der Waals surface area contributed by atoms with Gasteiger partial charge in [0, 0.05) is 39.1 Å². The summed E-state index contributed by atoms with van der Waals surface area (Å²) < 4.78 is 2.33. The fourth-order valence-electron chi connectivity index (χ4n) is 8.43. The third kappa shape index (κ3) is 5.32. The first-order valence-electron chi connectivity index (χ1n) is 19.1. The van der Waals surface area contributed by atoms with Crippen LogP contribution in [0.2, 0.25) is 0 Å². The first-order chi connectivity index (χ1) is 27.8. The number of rotatable bonds is 6. The van der Waals surface area contributed by atoms with E-state index in [1.54, 1.807) is 0 Å². The van der Waals surface area contributed by atoms with Gasteiger partial charge in [0.05, 0.1) is 11.0 Å². The largest absolute Gasteiger partial charge is 0.310 e. The number of benzene rings is 10. The smallest absolute Gasteiger partial charge is 0.145 e. The maximum atomic E-state index is 5.42. The summed E-state index contributed by atoms with van der Waals surface area (Å²) in [4.78, 5) is 7.79. The molecule has 0 radical (unpaired) electrons. The molecule has 0 N–H and O–H groups in total. The number of nitrogens with zero attached hydrogens (tertiary/aromatic N) is 3. The molecule has 10 aromatic carbocycles. The van der Waals surface area contributed by atoms with Gasteiger partial charge in [-0.1, -0.05) is 158 Å². The highest BCUT2D eigenvalue weighted by Crippen LogP contribution is 2.42. The molecular formula is C53H35N3. The molecule has 0 aliphatic rings. The van der Waals surface area contributed by atoms with Crippen LogP contribution >= 0.6 is 0 Å². The Morgan fingerprint density at radius 1 is 0.339 bits per heavy atom. The Labute approximate surface area is 325 Å². The maximum absolute atomic E-state index is 5.42. The molecule has 0 aliphatic carbocycles.